The molecule has 2 fully saturated rings. The normalized spacial score (nSPS) is 20.1. The maximum Gasteiger partial charge on any atom is 0.338 e. The third-order valence-corrected chi connectivity index (χ3v) is 6.76. The fourth-order valence-corrected chi connectivity index (χ4v) is 5.29. The molecule has 2 atom stereocenters. The van der Waals surface area contributed by atoms with Crippen LogP contribution < -0.4 is 5.32 Å². The Bertz CT molecular complexity index is 1040. The van der Waals surface area contributed by atoms with Gasteiger partial charge in [-0.1, -0.05) is 35.3 Å². The van der Waals surface area contributed by atoms with E-state index in [1.165, 1.54) is 0 Å². The molecule has 182 valence electrons. The van der Waals surface area contributed by atoms with Crippen molar-refractivity contribution in [2.24, 2.45) is 5.92 Å². The molecule has 0 aromatic heterocycles. The molecule has 4 rings (SSSR count). The van der Waals surface area contributed by atoms with E-state index in [1.54, 1.807) is 12.1 Å². The van der Waals surface area contributed by atoms with Crippen molar-refractivity contribution in [2.75, 3.05) is 32.8 Å². The molecule has 0 aliphatic carbocycles. The van der Waals surface area contributed by atoms with Gasteiger partial charge in [0.15, 0.2) is 0 Å². The predicted octanol–water partition coefficient (Wildman–Crippen LogP) is 5.13. The summed E-state index contributed by atoms with van der Waals surface area (Å²) in [7, 11) is 0. The Hall–Kier alpha value is -2.12. The minimum Gasteiger partial charge on any atom is -0.456 e. The molecule has 0 saturated carbocycles. The van der Waals surface area contributed by atoms with Crippen molar-refractivity contribution < 1.29 is 19.1 Å². The minimum absolute atomic E-state index is 0.0328. The molecule has 0 radical (unpaired) electrons. The number of nitrogens with zero attached hydrogens (tertiary/aromatic N) is 1. The molecule has 34 heavy (non-hydrogen) atoms. The van der Waals surface area contributed by atoms with Crippen molar-refractivity contribution >= 4 is 35.1 Å². The number of halogens is 2. The summed E-state index contributed by atoms with van der Waals surface area (Å²) in [6, 6.07) is 10.7. The van der Waals surface area contributed by atoms with E-state index < -0.39 is 5.60 Å². The van der Waals surface area contributed by atoms with Gasteiger partial charge in [0.25, 0.3) is 0 Å². The predicted molar refractivity (Wildman–Crippen MR) is 133 cm³/mol. The smallest absolute Gasteiger partial charge is 0.338 e. The lowest BCUT2D eigenvalue weighted by atomic mass is 9.88. The molecule has 1 N–H and O–H groups in total. The van der Waals surface area contributed by atoms with Crippen LogP contribution in [0.1, 0.15) is 49.2 Å². The monoisotopic (exact) mass is 504 g/mol. The Morgan fingerprint density at radius 1 is 1.09 bits per heavy atom. The van der Waals surface area contributed by atoms with E-state index in [0.29, 0.717) is 35.4 Å². The fourth-order valence-electron chi connectivity index (χ4n) is 4.58. The number of nitrogens with one attached hydrogen (secondary N) is 1. The molecule has 2 unspecified atom stereocenters. The van der Waals surface area contributed by atoms with E-state index in [-0.39, 0.29) is 23.8 Å². The first-order chi connectivity index (χ1) is 16.1. The highest BCUT2D eigenvalue weighted by Crippen LogP contribution is 2.43. The van der Waals surface area contributed by atoms with Gasteiger partial charge in [-0.15, -0.1) is 0 Å². The number of carbonyl (C=O) groups excluding carboxylic acids is 2. The van der Waals surface area contributed by atoms with Crippen LogP contribution in [0.5, 0.6) is 0 Å². The third kappa shape index (κ3) is 5.57. The van der Waals surface area contributed by atoms with Gasteiger partial charge in [0.1, 0.15) is 5.60 Å². The second-order valence-electron chi connectivity index (χ2n) is 9.71. The van der Waals surface area contributed by atoms with Gasteiger partial charge in [-0.2, -0.15) is 0 Å². The topological polar surface area (TPSA) is 67.9 Å². The third-order valence-electron chi connectivity index (χ3n) is 6.14. The number of carbonyl (C=O) groups is 2. The van der Waals surface area contributed by atoms with Gasteiger partial charge in [0.05, 0.1) is 24.7 Å². The van der Waals surface area contributed by atoms with Gasteiger partial charge in [-0.05, 0) is 62.6 Å². The summed E-state index contributed by atoms with van der Waals surface area (Å²) in [5.41, 5.74) is 2.42. The Morgan fingerprint density at radius 2 is 1.71 bits per heavy atom. The quantitative estimate of drug-likeness (QED) is 0.571. The maximum absolute atomic E-state index is 12.6. The van der Waals surface area contributed by atoms with Crippen LogP contribution in [-0.2, 0) is 14.3 Å². The molecule has 2 saturated heterocycles. The zero-order valence-electron chi connectivity index (χ0n) is 19.7. The summed E-state index contributed by atoms with van der Waals surface area (Å²) >= 11 is 13.7. The van der Waals surface area contributed by atoms with Crippen molar-refractivity contribution in [3.8, 4) is 11.1 Å². The number of rotatable bonds is 5. The summed E-state index contributed by atoms with van der Waals surface area (Å²) in [6.07, 6.45) is 0.737. The average molecular weight is 505 g/mol. The van der Waals surface area contributed by atoms with E-state index in [2.05, 4.69) is 10.2 Å². The summed E-state index contributed by atoms with van der Waals surface area (Å²) < 4.78 is 11.0. The Morgan fingerprint density at radius 3 is 2.24 bits per heavy atom. The van der Waals surface area contributed by atoms with Gasteiger partial charge in [0, 0.05) is 41.3 Å². The van der Waals surface area contributed by atoms with E-state index in [1.807, 2.05) is 45.0 Å². The van der Waals surface area contributed by atoms with Crippen LogP contribution in [0.3, 0.4) is 0 Å². The Kier molecular flexibility index (Phi) is 7.53. The standard InChI is InChI=1S/C26H30Cl2N2O4/c1-26(2,3)34-25(32)17-6-4-16(5-7-17)18-14-20(27)22(21(28)15-18)23(19-8-9-29-24(19)31)30-10-12-33-13-11-30/h4-7,14-15,19,23H,8-13H2,1-3H3,(H,29,31). The highest BCUT2D eigenvalue weighted by molar-refractivity contribution is 6.36. The lowest BCUT2D eigenvalue weighted by molar-refractivity contribution is -0.125. The molecular weight excluding hydrogens is 475 g/mol. The van der Waals surface area contributed by atoms with Crippen LogP contribution in [-0.4, -0.2) is 55.2 Å². The van der Waals surface area contributed by atoms with Gasteiger partial charge >= 0.3 is 5.97 Å². The summed E-state index contributed by atoms with van der Waals surface area (Å²) in [5.74, 6) is -0.550. The van der Waals surface area contributed by atoms with Crippen molar-refractivity contribution in [1.29, 1.82) is 0 Å². The van der Waals surface area contributed by atoms with Crippen LogP contribution in [0.25, 0.3) is 11.1 Å². The number of ether oxygens (including phenoxy) is 2. The second kappa shape index (κ2) is 10.2. The lowest BCUT2D eigenvalue weighted by Crippen LogP contribution is -2.43. The van der Waals surface area contributed by atoms with E-state index in [4.69, 9.17) is 32.7 Å². The molecule has 2 aromatic carbocycles. The molecule has 1 amide bonds. The largest absolute Gasteiger partial charge is 0.456 e. The van der Waals surface area contributed by atoms with Crippen molar-refractivity contribution in [3.63, 3.8) is 0 Å². The highest BCUT2D eigenvalue weighted by atomic mass is 35.5. The second-order valence-corrected chi connectivity index (χ2v) is 10.5. The zero-order chi connectivity index (χ0) is 24.5. The Labute approximate surface area is 210 Å². The molecule has 2 aliphatic rings. The molecule has 0 bridgehead atoms. The number of hydrogen-bond donors (Lipinski definition) is 1. The zero-order valence-corrected chi connectivity index (χ0v) is 21.2. The van der Waals surface area contributed by atoms with Gasteiger partial charge < -0.3 is 14.8 Å². The van der Waals surface area contributed by atoms with Crippen LogP contribution in [0.4, 0.5) is 0 Å². The molecular formula is C26H30Cl2N2O4. The van der Waals surface area contributed by atoms with Crippen LogP contribution in [0.15, 0.2) is 36.4 Å². The number of benzene rings is 2. The molecule has 2 aromatic rings. The number of amides is 1. The summed E-state index contributed by atoms with van der Waals surface area (Å²) in [4.78, 5) is 27.2. The SMILES string of the molecule is CC(C)(C)OC(=O)c1ccc(-c2cc(Cl)c(C(C3CCNC3=O)N3CCOCC3)c(Cl)c2)cc1. The number of hydrogen-bond acceptors (Lipinski definition) is 5. The first kappa shape index (κ1) is 25.0. The minimum atomic E-state index is -0.556. The molecule has 2 aliphatic heterocycles. The first-order valence-electron chi connectivity index (χ1n) is 11.6. The van der Waals surface area contributed by atoms with Crippen LogP contribution in [0.2, 0.25) is 10.0 Å². The van der Waals surface area contributed by atoms with Gasteiger partial charge in [0.2, 0.25) is 5.91 Å². The summed E-state index contributed by atoms with van der Waals surface area (Å²) in [6.45, 7) is 8.83. The van der Waals surface area contributed by atoms with Crippen molar-refractivity contribution in [2.45, 2.75) is 38.8 Å². The van der Waals surface area contributed by atoms with E-state index >= 15 is 0 Å². The highest BCUT2D eigenvalue weighted by Gasteiger charge is 2.39. The van der Waals surface area contributed by atoms with Crippen molar-refractivity contribution in [1.82, 2.24) is 10.2 Å². The maximum atomic E-state index is 12.6. The molecule has 2 heterocycles. The van der Waals surface area contributed by atoms with Crippen LogP contribution in [0, 0.1) is 5.92 Å². The summed E-state index contributed by atoms with van der Waals surface area (Å²) in [5, 5.41) is 3.99. The van der Waals surface area contributed by atoms with Gasteiger partial charge in [-0.3, -0.25) is 9.69 Å². The van der Waals surface area contributed by atoms with E-state index in [0.717, 1.165) is 36.2 Å². The van der Waals surface area contributed by atoms with Gasteiger partial charge in [-0.25, -0.2) is 4.79 Å². The number of esters is 1. The molecule has 6 nitrogen and oxygen atoms in total. The average Bonchev–Trinajstić information content (AvgIpc) is 3.21. The lowest BCUT2D eigenvalue weighted by Gasteiger charge is -2.38. The van der Waals surface area contributed by atoms with Crippen LogP contribution >= 0.6 is 23.2 Å². The van der Waals surface area contributed by atoms with E-state index in [9.17, 15) is 9.59 Å². The molecule has 8 heteroatoms. The molecule has 0 spiro atoms. The number of morpholine rings is 1. The Balaban J connectivity index is 1.64. The van der Waals surface area contributed by atoms with Crippen molar-refractivity contribution in [3.05, 3.63) is 57.6 Å². The fraction of sp³-hybridized carbons (Fsp3) is 0.462. The first-order valence-corrected chi connectivity index (χ1v) is 12.3.